The Kier molecular flexibility index (Phi) is 6.16. The fraction of sp³-hybridized carbons (Fsp3) is 0.391. The number of fused-ring (bicyclic) bond motifs is 1. The lowest BCUT2D eigenvalue weighted by molar-refractivity contribution is 0.262. The highest BCUT2D eigenvalue weighted by molar-refractivity contribution is 6.04. The first-order valence-corrected chi connectivity index (χ1v) is 11.0. The summed E-state index contributed by atoms with van der Waals surface area (Å²) < 4.78 is 30.8. The number of carbonyl (C=O) groups excluding carboxylic acids is 1. The van der Waals surface area contributed by atoms with Crippen LogP contribution < -0.4 is 21.2 Å². The van der Waals surface area contributed by atoms with Crippen molar-refractivity contribution in [1.82, 2.24) is 9.13 Å². The molecule has 0 radical (unpaired) electrons. The molecule has 2 N–H and O–H groups in total. The first-order chi connectivity index (χ1) is 15.4. The van der Waals surface area contributed by atoms with Gasteiger partial charge in [-0.25, -0.2) is 18.4 Å². The number of urea groups is 1. The van der Waals surface area contributed by atoms with Gasteiger partial charge in [0, 0.05) is 32.2 Å². The number of halogens is 2. The topological polar surface area (TPSA) is 71.3 Å². The molecule has 2 aromatic carbocycles. The molecule has 2 heterocycles. The molecule has 0 saturated carbocycles. The summed E-state index contributed by atoms with van der Waals surface area (Å²) in [6.07, 6.45) is 3.22. The summed E-state index contributed by atoms with van der Waals surface area (Å²) >= 11 is 0. The molecule has 0 spiro atoms. The smallest absolute Gasteiger partial charge is 0.329 e. The third kappa shape index (κ3) is 4.06. The Balaban J connectivity index is 1.76. The molecule has 1 aliphatic heterocycles. The maximum atomic E-state index is 14.0. The molecule has 32 heavy (non-hydrogen) atoms. The van der Waals surface area contributed by atoms with Gasteiger partial charge in [-0.1, -0.05) is 0 Å². The Labute approximate surface area is 184 Å². The van der Waals surface area contributed by atoms with Crippen LogP contribution in [0, 0.1) is 11.6 Å². The van der Waals surface area contributed by atoms with Gasteiger partial charge in [-0.05, 0) is 57.4 Å². The zero-order valence-corrected chi connectivity index (χ0v) is 18.3. The van der Waals surface area contributed by atoms with Gasteiger partial charge < -0.3 is 15.5 Å². The van der Waals surface area contributed by atoms with Gasteiger partial charge in [0.05, 0.1) is 28.1 Å². The second-order valence-corrected chi connectivity index (χ2v) is 7.88. The molecule has 0 aliphatic carbocycles. The number of piperidine rings is 1. The fourth-order valence-corrected chi connectivity index (χ4v) is 4.33. The Hall–Kier alpha value is -3.36. The van der Waals surface area contributed by atoms with Gasteiger partial charge >= 0.3 is 11.7 Å². The molecule has 4 rings (SSSR count). The van der Waals surface area contributed by atoms with E-state index in [9.17, 15) is 18.4 Å². The van der Waals surface area contributed by atoms with Crippen LogP contribution in [0.1, 0.15) is 33.1 Å². The maximum Gasteiger partial charge on any atom is 0.329 e. The van der Waals surface area contributed by atoms with Gasteiger partial charge in [-0.15, -0.1) is 0 Å². The molecule has 1 aromatic heterocycles. The van der Waals surface area contributed by atoms with Crippen molar-refractivity contribution in [2.45, 2.75) is 46.2 Å². The van der Waals surface area contributed by atoms with E-state index in [1.54, 1.807) is 15.2 Å². The van der Waals surface area contributed by atoms with E-state index in [-0.39, 0.29) is 11.4 Å². The molecule has 9 heteroatoms. The summed E-state index contributed by atoms with van der Waals surface area (Å²) in [5, 5.41) is 5.16. The summed E-state index contributed by atoms with van der Waals surface area (Å²) in [5.74, 6) is -1.38. The van der Waals surface area contributed by atoms with Gasteiger partial charge in [-0.2, -0.15) is 0 Å². The number of amides is 2. The quantitative estimate of drug-likeness (QED) is 0.598. The molecular weight excluding hydrogens is 416 g/mol. The maximum absolute atomic E-state index is 14.0. The lowest BCUT2D eigenvalue weighted by atomic mass is 10.1. The lowest BCUT2D eigenvalue weighted by Gasteiger charge is -2.30. The van der Waals surface area contributed by atoms with E-state index < -0.39 is 17.7 Å². The summed E-state index contributed by atoms with van der Waals surface area (Å²) in [6.45, 7) is 6.52. The number of hydrogen-bond acceptors (Lipinski definition) is 3. The molecule has 1 aliphatic rings. The number of carbonyl (C=O) groups is 1. The molecule has 3 aromatic rings. The Bertz CT molecular complexity index is 1210. The Morgan fingerprint density at radius 3 is 2.19 bits per heavy atom. The first kappa shape index (κ1) is 21.9. The van der Waals surface area contributed by atoms with Crippen molar-refractivity contribution in [2.24, 2.45) is 0 Å². The average molecular weight is 443 g/mol. The molecule has 0 atom stereocenters. The highest BCUT2D eigenvalue weighted by Crippen LogP contribution is 2.33. The van der Waals surface area contributed by atoms with E-state index in [1.165, 1.54) is 0 Å². The van der Waals surface area contributed by atoms with Crippen molar-refractivity contribution >= 4 is 34.1 Å². The second kappa shape index (κ2) is 9.02. The normalized spacial score (nSPS) is 14.1. The number of benzene rings is 2. The zero-order valence-electron chi connectivity index (χ0n) is 18.3. The molecule has 1 saturated heterocycles. The third-order valence-electron chi connectivity index (χ3n) is 5.89. The molecule has 2 amide bonds. The summed E-state index contributed by atoms with van der Waals surface area (Å²) in [5.41, 5.74) is 2.50. The minimum absolute atomic E-state index is 0.0990. The van der Waals surface area contributed by atoms with Crippen molar-refractivity contribution in [3.05, 3.63) is 52.5 Å². The van der Waals surface area contributed by atoms with Crippen LogP contribution in [0.4, 0.5) is 30.6 Å². The van der Waals surface area contributed by atoms with Crippen LogP contribution in [0.3, 0.4) is 0 Å². The van der Waals surface area contributed by atoms with E-state index in [4.69, 9.17) is 0 Å². The minimum atomic E-state index is -0.729. The fourth-order valence-electron chi connectivity index (χ4n) is 4.33. The van der Waals surface area contributed by atoms with Crippen LogP contribution >= 0.6 is 0 Å². The summed E-state index contributed by atoms with van der Waals surface area (Å²) in [6, 6.07) is 5.92. The van der Waals surface area contributed by atoms with Crippen LogP contribution in [0.5, 0.6) is 0 Å². The number of hydrogen-bond donors (Lipinski definition) is 2. The van der Waals surface area contributed by atoms with Crippen LogP contribution in [0.25, 0.3) is 11.0 Å². The molecule has 0 unspecified atom stereocenters. The van der Waals surface area contributed by atoms with Crippen LogP contribution in [-0.2, 0) is 13.1 Å². The number of nitrogens with one attached hydrogen (secondary N) is 2. The number of rotatable bonds is 5. The van der Waals surface area contributed by atoms with Gasteiger partial charge in [-0.3, -0.25) is 9.13 Å². The van der Waals surface area contributed by atoms with Crippen LogP contribution in [0.15, 0.2) is 35.1 Å². The molecule has 170 valence electrons. The third-order valence-corrected chi connectivity index (χ3v) is 5.89. The highest BCUT2D eigenvalue weighted by atomic mass is 19.1. The van der Waals surface area contributed by atoms with E-state index in [2.05, 4.69) is 15.5 Å². The van der Waals surface area contributed by atoms with E-state index in [0.717, 1.165) is 61.8 Å². The lowest BCUT2D eigenvalue weighted by Crippen LogP contribution is -2.31. The van der Waals surface area contributed by atoms with Crippen molar-refractivity contribution in [2.75, 3.05) is 28.6 Å². The van der Waals surface area contributed by atoms with E-state index in [0.29, 0.717) is 24.3 Å². The van der Waals surface area contributed by atoms with E-state index >= 15 is 0 Å². The Morgan fingerprint density at radius 1 is 0.906 bits per heavy atom. The van der Waals surface area contributed by atoms with Gasteiger partial charge in [0.1, 0.15) is 11.6 Å². The number of aryl methyl sites for hydroxylation is 2. The average Bonchev–Trinajstić information content (AvgIpc) is 3.05. The molecule has 1 fully saturated rings. The summed E-state index contributed by atoms with van der Waals surface area (Å²) in [4.78, 5) is 27.7. The predicted molar refractivity (Wildman–Crippen MR) is 123 cm³/mol. The number of anilines is 3. The molecule has 7 nitrogen and oxygen atoms in total. The monoisotopic (exact) mass is 443 g/mol. The van der Waals surface area contributed by atoms with Crippen molar-refractivity contribution < 1.29 is 13.6 Å². The summed E-state index contributed by atoms with van der Waals surface area (Å²) in [7, 11) is 0. The van der Waals surface area contributed by atoms with Gasteiger partial charge in [0.2, 0.25) is 0 Å². The van der Waals surface area contributed by atoms with E-state index in [1.807, 2.05) is 19.9 Å². The van der Waals surface area contributed by atoms with Crippen molar-refractivity contribution in [1.29, 1.82) is 0 Å². The Morgan fingerprint density at radius 2 is 1.53 bits per heavy atom. The number of imidazole rings is 1. The minimum Gasteiger partial charge on any atom is -0.370 e. The second-order valence-electron chi connectivity index (χ2n) is 7.88. The molecular formula is C23H27F2N5O2. The standard InChI is InChI=1S/C23H27F2N5O2/c1-3-29-20-13-18(27-22(31)26-17-12-15(24)8-9-16(17)25)19(28-10-6-5-7-11-28)14-21(20)30(4-2)23(29)32/h8-9,12-14H,3-7,10-11H2,1-2H3,(H2,26,27,31). The van der Waals surface area contributed by atoms with Crippen molar-refractivity contribution in [3.8, 4) is 0 Å². The zero-order chi connectivity index (χ0) is 22.8. The van der Waals surface area contributed by atoms with Gasteiger partial charge in [0.25, 0.3) is 0 Å². The number of aromatic nitrogens is 2. The molecule has 0 bridgehead atoms. The SMILES string of the molecule is CCn1c(=O)n(CC)c2cc(N3CCCCC3)c(NC(=O)Nc3cc(F)ccc3F)cc21. The van der Waals surface area contributed by atoms with Crippen LogP contribution in [-0.4, -0.2) is 28.3 Å². The highest BCUT2D eigenvalue weighted by Gasteiger charge is 2.21. The number of nitrogens with zero attached hydrogens (tertiary/aromatic N) is 3. The first-order valence-electron chi connectivity index (χ1n) is 11.0. The largest absolute Gasteiger partial charge is 0.370 e. The predicted octanol–water partition coefficient (Wildman–Crippen LogP) is 4.76. The van der Waals surface area contributed by atoms with Gasteiger partial charge in [0.15, 0.2) is 0 Å². The van der Waals surface area contributed by atoms with Crippen LogP contribution in [0.2, 0.25) is 0 Å². The van der Waals surface area contributed by atoms with Crippen molar-refractivity contribution in [3.63, 3.8) is 0 Å².